The van der Waals surface area contributed by atoms with Gasteiger partial charge in [0, 0.05) is 12.1 Å². The zero-order valence-corrected chi connectivity index (χ0v) is 17.8. The van der Waals surface area contributed by atoms with Crippen LogP contribution in [-0.4, -0.2) is 37.1 Å². The first kappa shape index (κ1) is 22.8. The first-order valence-corrected chi connectivity index (χ1v) is 9.69. The normalized spacial score (nSPS) is 13.3. The highest BCUT2D eigenvalue weighted by Gasteiger charge is 2.14. The third-order valence-corrected chi connectivity index (χ3v) is 3.56. The lowest BCUT2D eigenvalue weighted by Crippen LogP contribution is -2.43. The van der Waals surface area contributed by atoms with Crippen LogP contribution in [-0.2, 0) is 4.79 Å². The summed E-state index contributed by atoms with van der Waals surface area (Å²) in [7, 11) is 0. The second kappa shape index (κ2) is 10.8. The number of benzene rings is 1. The Balaban J connectivity index is 2.67. The molecule has 6 heteroatoms. The van der Waals surface area contributed by atoms with Crippen LogP contribution in [0.25, 0.3) is 0 Å². The summed E-state index contributed by atoms with van der Waals surface area (Å²) >= 11 is 0. The Hall–Kier alpha value is -2.24. The van der Waals surface area contributed by atoms with E-state index in [0.29, 0.717) is 18.5 Å². The minimum atomic E-state index is -0.259. The fraction of sp³-hybridized carbons (Fsp3) is 0.619. The molecule has 0 fully saturated rings. The van der Waals surface area contributed by atoms with E-state index < -0.39 is 0 Å². The van der Waals surface area contributed by atoms with Crippen LogP contribution < -0.4 is 20.7 Å². The van der Waals surface area contributed by atoms with Gasteiger partial charge in [-0.25, -0.2) is 4.99 Å². The highest BCUT2D eigenvalue weighted by Crippen LogP contribution is 2.18. The number of hydrogen-bond acceptors (Lipinski definition) is 3. The van der Waals surface area contributed by atoms with Gasteiger partial charge >= 0.3 is 0 Å². The number of aliphatic imine (C=N–C) groups is 1. The molecule has 152 valence electrons. The molecule has 0 aliphatic rings. The lowest BCUT2D eigenvalue weighted by molar-refractivity contribution is -0.121. The minimum absolute atomic E-state index is 0.0487. The zero-order valence-electron chi connectivity index (χ0n) is 17.8. The van der Waals surface area contributed by atoms with E-state index in [1.165, 1.54) is 0 Å². The van der Waals surface area contributed by atoms with E-state index in [4.69, 9.17) is 4.74 Å². The second-order valence-electron chi connectivity index (χ2n) is 8.13. The quantitative estimate of drug-likeness (QED) is 0.481. The van der Waals surface area contributed by atoms with Gasteiger partial charge in [-0.05, 0) is 58.2 Å². The fourth-order valence-electron chi connectivity index (χ4n) is 2.33. The van der Waals surface area contributed by atoms with Crippen molar-refractivity contribution in [3.63, 3.8) is 0 Å². The molecular formula is C21H36N4O2. The van der Waals surface area contributed by atoms with E-state index in [2.05, 4.69) is 41.7 Å². The maximum absolute atomic E-state index is 12.0. The summed E-state index contributed by atoms with van der Waals surface area (Å²) in [5.74, 6) is 1.90. The van der Waals surface area contributed by atoms with Gasteiger partial charge in [0.05, 0.1) is 12.6 Å². The van der Waals surface area contributed by atoms with Crippen LogP contribution in [0, 0.1) is 5.92 Å². The molecule has 1 amide bonds. The molecule has 6 nitrogen and oxygen atoms in total. The van der Waals surface area contributed by atoms with Crippen molar-refractivity contribution in [3.8, 4) is 5.75 Å². The monoisotopic (exact) mass is 376 g/mol. The van der Waals surface area contributed by atoms with Crippen molar-refractivity contribution in [2.24, 2.45) is 10.9 Å². The Labute approximate surface area is 164 Å². The Morgan fingerprint density at radius 1 is 1.15 bits per heavy atom. The first-order chi connectivity index (χ1) is 12.6. The van der Waals surface area contributed by atoms with Gasteiger partial charge in [-0.1, -0.05) is 26.0 Å². The minimum Gasteiger partial charge on any atom is -0.493 e. The molecule has 1 aromatic rings. The van der Waals surface area contributed by atoms with Gasteiger partial charge in [0.1, 0.15) is 12.3 Å². The summed E-state index contributed by atoms with van der Waals surface area (Å²) < 4.78 is 5.73. The van der Waals surface area contributed by atoms with Gasteiger partial charge in [-0.3, -0.25) is 4.79 Å². The molecule has 27 heavy (non-hydrogen) atoms. The second-order valence-corrected chi connectivity index (χ2v) is 8.13. The highest BCUT2D eigenvalue weighted by molar-refractivity contribution is 5.85. The number of hydrogen-bond donors (Lipinski definition) is 3. The van der Waals surface area contributed by atoms with E-state index in [1.54, 1.807) is 0 Å². The van der Waals surface area contributed by atoms with Crippen molar-refractivity contribution in [1.82, 2.24) is 16.0 Å². The smallest absolute Gasteiger partial charge is 0.242 e. The average Bonchev–Trinajstić information content (AvgIpc) is 2.57. The van der Waals surface area contributed by atoms with Gasteiger partial charge in [-0.15, -0.1) is 0 Å². The molecular weight excluding hydrogens is 340 g/mol. The summed E-state index contributed by atoms with van der Waals surface area (Å²) in [5.41, 5.74) is 0.863. The number of nitrogens with one attached hydrogen (secondary N) is 3. The summed E-state index contributed by atoms with van der Waals surface area (Å²) in [5, 5.41) is 9.43. The molecule has 1 aromatic carbocycles. The molecule has 1 atom stereocenters. The number of amides is 1. The maximum atomic E-state index is 12.0. The molecule has 0 spiro atoms. The molecule has 1 unspecified atom stereocenters. The van der Waals surface area contributed by atoms with Crippen LogP contribution in [0.4, 0.5) is 0 Å². The molecule has 0 saturated heterocycles. The van der Waals surface area contributed by atoms with E-state index in [1.807, 2.05) is 52.0 Å². The number of rotatable bonds is 8. The van der Waals surface area contributed by atoms with E-state index in [-0.39, 0.29) is 24.0 Å². The third kappa shape index (κ3) is 9.87. The standard InChI is InChI=1S/C21H36N4O2/c1-8-22-20(23-13-19(26)25-21(5,6)7)24-16(4)17-9-11-18(12-10-17)27-14-15(2)3/h9-12,15-16H,8,13-14H2,1-7H3,(H,25,26)(H2,22,23,24). The Bertz CT molecular complexity index is 604. The predicted octanol–water partition coefficient (Wildman–Crippen LogP) is 3.25. The van der Waals surface area contributed by atoms with Crippen LogP contribution in [0.3, 0.4) is 0 Å². The molecule has 0 bridgehead atoms. The Morgan fingerprint density at radius 2 is 1.78 bits per heavy atom. The van der Waals surface area contributed by atoms with Crippen LogP contribution in [0.5, 0.6) is 5.75 Å². The maximum Gasteiger partial charge on any atom is 0.242 e. The summed E-state index contributed by atoms with van der Waals surface area (Å²) in [4.78, 5) is 16.4. The van der Waals surface area contributed by atoms with Gasteiger partial charge in [0.15, 0.2) is 5.96 Å². The molecule has 0 aliphatic heterocycles. The summed E-state index contributed by atoms with van der Waals surface area (Å²) in [6.07, 6.45) is 0. The van der Waals surface area contributed by atoms with E-state index in [9.17, 15) is 4.79 Å². The third-order valence-electron chi connectivity index (χ3n) is 3.56. The topological polar surface area (TPSA) is 74.8 Å². The molecule has 0 saturated carbocycles. The summed E-state index contributed by atoms with van der Waals surface area (Å²) in [6, 6.07) is 8.10. The van der Waals surface area contributed by atoms with Gasteiger partial charge < -0.3 is 20.7 Å². The van der Waals surface area contributed by atoms with Crippen LogP contribution in [0.15, 0.2) is 29.3 Å². The molecule has 1 rings (SSSR count). The van der Waals surface area contributed by atoms with Crippen LogP contribution in [0.1, 0.15) is 60.1 Å². The molecule has 3 N–H and O–H groups in total. The van der Waals surface area contributed by atoms with Crippen molar-refractivity contribution in [1.29, 1.82) is 0 Å². The Kier molecular flexibility index (Phi) is 9.12. The number of guanidine groups is 1. The fourth-order valence-corrected chi connectivity index (χ4v) is 2.33. The molecule has 0 radical (unpaired) electrons. The van der Waals surface area contributed by atoms with E-state index in [0.717, 1.165) is 17.9 Å². The van der Waals surface area contributed by atoms with Gasteiger partial charge in [0.2, 0.25) is 5.91 Å². The lowest BCUT2D eigenvalue weighted by atomic mass is 10.1. The average molecular weight is 377 g/mol. The molecule has 0 aliphatic carbocycles. The zero-order chi connectivity index (χ0) is 20.4. The largest absolute Gasteiger partial charge is 0.493 e. The molecule has 0 heterocycles. The van der Waals surface area contributed by atoms with Crippen molar-refractivity contribution in [3.05, 3.63) is 29.8 Å². The van der Waals surface area contributed by atoms with Crippen molar-refractivity contribution >= 4 is 11.9 Å². The highest BCUT2D eigenvalue weighted by atomic mass is 16.5. The number of carbonyl (C=O) groups excluding carboxylic acids is 1. The first-order valence-electron chi connectivity index (χ1n) is 9.69. The van der Waals surface area contributed by atoms with Crippen LogP contribution in [0.2, 0.25) is 0 Å². The van der Waals surface area contributed by atoms with E-state index >= 15 is 0 Å². The Morgan fingerprint density at radius 3 is 2.30 bits per heavy atom. The summed E-state index contributed by atoms with van der Waals surface area (Å²) in [6.45, 7) is 15.7. The number of ether oxygens (including phenoxy) is 1. The van der Waals surface area contributed by atoms with Crippen molar-refractivity contribution < 1.29 is 9.53 Å². The van der Waals surface area contributed by atoms with Crippen LogP contribution >= 0.6 is 0 Å². The lowest BCUT2D eigenvalue weighted by Gasteiger charge is -2.21. The number of nitrogens with zero attached hydrogens (tertiary/aromatic N) is 1. The van der Waals surface area contributed by atoms with Gasteiger partial charge in [0.25, 0.3) is 0 Å². The SMILES string of the molecule is CCNC(=NCC(=O)NC(C)(C)C)NC(C)c1ccc(OCC(C)C)cc1. The number of carbonyl (C=O) groups is 1. The van der Waals surface area contributed by atoms with Crippen molar-refractivity contribution in [2.75, 3.05) is 19.7 Å². The molecule has 0 aromatic heterocycles. The predicted molar refractivity (Wildman–Crippen MR) is 112 cm³/mol. The van der Waals surface area contributed by atoms with Gasteiger partial charge in [-0.2, -0.15) is 0 Å². The van der Waals surface area contributed by atoms with Crippen molar-refractivity contribution in [2.45, 2.75) is 60.0 Å².